The number of carbonyl (C=O) groups excluding carboxylic acids is 4. The van der Waals surface area contributed by atoms with E-state index in [1.54, 1.807) is 38.1 Å². The molecule has 0 bridgehead atoms. The molecule has 0 aliphatic carbocycles. The Labute approximate surface area is 307 Å². The van der Waals surface area contributed by atoms with E-state index in [4.69, 9.17) is 20.6 Å². The number of nitrogens with two attached hydrogens (primary N) is 1. The van der Waals surface area contributed by atoms with Crippen LogP contribution in [0.4, 0.5) is 16.3 Å². The Morgan fingerprint density at radius 1 is 0.981 bits per heavy atom. The molecule has 0 saturated carbocycles. The number of amides is 4. The summed E-state index contributed by atoms with van der Waals surface area (Å²) in [5.41, 5.74) is 8.24. The number of carbonyl (C=O) groups is 5. The number of carboxylic acids is 1. The first-order chi connectivity index (χ1) is 25.1. The predicted molar refractivity (Wildman–Crippen MR) is 198 cm³/mol. The number of pyridine rings is 1. The van der Waals surface area contributed by atoms with Crippen molar-refractivity contribution >= 4 is 63.2 Å². The number of hydrogen-bond acceptors (Lipinski definition) is 10. The molecule has 2 heterocycles. The molecule has 0 aliphatic heterocycles. The maximum absolute atomic E-state index is 13.2. The highest BCUT2D eigenvalue weighted by molar-refractivity contribution is 6.06. The summed E-state index contributed by atoms with van der Waals surface area (Å²) in [7, 11) is 0. The second-order valence-corrected chi connectivity index (χ2v) is 13.4. The second-order valence-electron chi connectivity index (χ2n) is 13.4. The number of nitrogens with one attached hydrogen (secondary N) is 3. The van der Waals surface area contributed by atoms with Crippen molar-refractivity contribution in [2.24, 2.45) is 0 Å². The highest BCUT2D eigenvalue weighted by Crippen LogP contribution is 2.30. The van der Waals surface area contributed by atoms with Crippen LogP contribution in [0.25, 0.3) is 21.9 Å². The highest BCUT2D eigenvalue weighted by Gasteiger charge is 2.25. The van der Waals surface area contributed by atoms with Gasteiger partial charge in [0.2, 0.25) is 17.7 Å². The highest BCUT2D eigenvalue weighted by atomic mass is 16.6. The first-order valence-electron chi connectivity index (χ1n) is 17.5. The molecule has 0 saturated heterocycles. The number of fused-ring (bicyclic) bond motifs is 3. The zero-order chi connectivity index (χ0) is 38.7. The molecule has 0 fully saturated rings. The van der Waals surface area contributed by atoms with E-state index < -0.39 is 35.5 Å². The molecule has 53 heavy (non-hydrogen) atoms. The standard InChI is InChI=1S/C37H48N8O8/c1-5-44(20-28-43-32-33(45(28)22-37(3,4)52)26-11-9-10-12-27(26)42-34(32)38)36(51)53-21-24-15-17-25(18-16-24)41-35(50)23(2)40-30(47)19-39-29(46)13-7-6-8-14-31(48)49/h9-12,15-18,23,52H,5-8,13-14,19-22H2,1-4H3,(H2,38,42)(H,39,46)(H,40,47)(H,41,50)(H,48,49)/t23-/m0/s1. The van der Waals surface area contributed by atoms with Crippen LogP contribution in [0, 0.1) is 0 Å². The average Bonchev–Trinajstić information content (AvgIpc) is 3.45. The van der Waals surface area contributed by atoms with Crippen molar-refractivity contribution in [3.8, 4) is 0 Å². The number of unbranched alkanes of at least 4 members (excludes halogenated alkanes) is 2. The Morgan fingerprint density at radius 3 is 2.36 bits per heavy atom. The fraction of sp³-hybridized carbons (Fsp3) is 0.432. The number of para-hydroxylation sites is 1. The number of imidazole rings is 1. The molecule has 2 aromatic carbocycles. The van der Waals surface area contributed by atoms with Crippen LogP contribution < -0.4 is 21.7 Å². The van der Waals surface area contributed by atoms with Gasteiger partial charge in [0.1, 0.15) is 24.0 Å². The van der Waals surface area contributed by atoms with Crippen LogP contribution in [0.1, 0.15) is 71.2 Å². The summed E-state index contributed by atoms with van der Waals surface area (Å²) in [5.74, 6) is -1.45. The van der Waals surface area contributed by atoms with Gasteiger partial charge in [0, 0.05) is 30.5 Å². The van der Waals surface area contributed by atoms with Crippen molar-refractivity contribution in [3.63, 3.8) is 0 Å². The van der Waals surface area contributed by atoms with Gasteiger partial charge in [0.25, 0.3) is 0 Å². The van der Waals surface area contributed by atoms with Gasteiger partial charge in [-0.25, -0.2) is 14.8 Å². The van der Waals surface area contributed by atoms with Gasteiger partial charge in [-0.1, -0.05) is 36.8 Å². The molecular weight excluding hydrogens is 684 g/mol. The molecule has 7 N–H and O–H groups in total. The number of anilines is 2. The summed E-state index contributed by atoms with van der Waals surface area (Å²) in [5, 5.41) is 28.0. The topological polar surface area (TPSA) is 231 Å². The summed E-state index contributed by atoms with van der Waals surface area (Å²) < 4.78 is 7.50. The fourth-order valence-electron chi connectivity index (χ4n) is 5.59. The van der Waals surface area contributed by atoms with Crippen molar-refractivity contribution in [2.45, 2.75) is 91.1 Å². The van der Waals surface area contributed by atoms with Gasteiger partial charge in [0.05, 0.1) is 36.3 Å². The van der Waals surface area contributed by atoms with Gasteiger partial charge in [-0.15, -0.1) is 0 Å². The van der Waals surface area contributed by atoms with Gasteiger partial charge in [0.15, 0.2) is 5.82 Å². The lowest BCUT2D eigenvalue weighted by molar-refractivity contribution is -0.137. The van der Waals surface area contributed by atoms with E-state index in [0.29, 0.717) is 53.9 Å². The molecule has 0 aliphatic rings. The van der Waals surface area contributed by atoms with Crippen molar-refractivity contribution in [1.82, 2.24) is 30.1 Å². The molecule has 16 heteroatoms. The molecular formula is C37H48N8O8. The lowest BCUT2D eigenvalue weighted by Gasteiger charge is -2.24. The number of benzene rings is 2. The molecule has 16 nitrogen and oxygen atoms in total. The van der Waals surface area contributed by atoms with Crippen molar-refractivity contribution in [2.75, 3.05) is 24.1 Å². The molecule has 0 unspecified atom stereocenters. The summed E-state index contributed by atoms with van der Waals surface area (Å²) in [6.45, 7) is 7.01. The average molecular weight is 733 g/mol. The number of ether oxygens (including phenoxy) is 1. The quantitative estimate of drug-likeness (QED) is 0.0808. The molecule has 4 aromatic rings. The number of aromatic nitrogens is 3. The minimum atomic E-state index is -1.09. The van der Waals surface area contributed by atoms with Gasteiger partial charge >= 0.3 is 12.1 Å². The van der Waals surface area contributed by atoms with E-state index in [1.165, 1.54) is 11.8 Å². The largest absolute Gasteiger partial charge is 0.481 e. The van der Waals surface area contributed by atoms with Crippen LogP contribution in [-0.4, -0.2) is 84.2 Å². The number of carboxylic acid groups (broad SMARTS) is 1. The normalized spacial score (nSPS) is 11.9. The molecule has 0 spiro atoms. The number of nitrogen functional groups attached to an aromatic ring is 1. The SMILES string of the molecule is CCN(Cc1nc2c(N)nc3ccccc3c2n1CC(C)(C)O)C(=O)OCc1ccc(NC(=O)[C@H](C)NC(=O)CNC(=O)CCCCCC(=O)O)cc1. The Balaban J connectivity index is 1.28. The van der Waals surface area contributed by atoms with Crippen LogP contribution in [0.15, 0.2) is 48.5 Å². The summed E-state index contributed by atoms with van der Waals surface area (Å²) in [6.07, 6.45) is 1.25. The Kier molecular flexibility index (Phi) is 13.7. The van der Waals surface area contributed by atoms with E-state index in [1.807, 2.05) is 35.8 Å². The van der Waals surface area contributed by atoms with Crippen LogP contribution in [0.3, 0.4) is 0 Å². The zero-order valence-corrected chi connectivity index (χ0v) is 30.5. The van der Waals surface area contributed by atoms with Gasteiger partial charge in [-0.3, -0.25) is 19.2 Å². The Bertz CT molecular complexity index is 1940. The maximum Gasteiger partial charge on any atom is 0.410 e. The van der Waals surface area contributed by atoms with E-state index in [-0.39, 0.29) is 50.8 Å². The third-order valence-electron chi connectivity index (χ3n) is 8.30. The van der Waals surface area contributed by atoms with Gasteiger partial charge in [-0.05, 0) is 64.3 Å². The smallest absolute Gasteiger partial charge is 0.410 e. The van der Waals surface area contributed by atoms with E-state index in [2.05, 4.69) is 20.9 Å². The third-order valence-corrected chi connectivity index (χ3v) is 8.30. The molecule has 1 atom stereocenters. The number of aliphatic carboxylic acids is 1. The van der Waals surface area contributed by atoms with Crippen molar-refractivity contribution in [1.29, 1.82) is 0 Å². The van der Waals surface area contributed by atoms with Crippen LogP contribution >= 0.6 is 0 Å². The van der Waals surface area contributed by atoms with Crippen LogP contribution in [-0.2, 0) is 43.6 Å². The van der Waals surface area contributed by atoms with Crippen LogP contribution in [0.5, 0.6) is 0 Å². The second kappa shape index (κ2) is 18.1. The summed E-state index contributed by atoms with van der Waals surface area (Å²) in [6, 6.07) is 13.3. The van der Waals surface area contributed by atoms with Crippen LogP contribution in [0.2, 0.25) is 0 Å². The van der Waals surface area contributed by atoms with Gasteiger partial charge in [-0.2, -0.15) is 0 Å². The molecule has 0 radical (unpaired) electrons. The van der Waals surface area contributed by atoms with E-state index >= 15 is 0 Å². The first kappa shape index (κ1) is 40.0. The number of aliphatic hydroxyl groups is 1. The maximum atomic E-state index is 13.2. The number of hydrogen-bond donors (Lipinski definition) is 6. The fourth-order valence-corrected chi connectivity index (χ4v) is 5.59. The lowest BCUT2D eigenvalue weighted by atomic mass is 10.1. The molecule has 2 aromatic heterocycles. The minimum absolute atomic E-state index is 0.0360. The molecule has 4 rings (SSSR count). The summed E-state index contributed by atoms with van der Waals surface area (Å²) >= 11 is 0. The number of rotatable bonds is 18. The summed E-state index contributed by atoms with van der Waals surface area (Å²) in [4.78, 5) is 71.4. The van der Waals surface area contributed by atoms with Crippen molar-refractivity contribution < 1.29 is 38.9 Å². The third kappa shape index (κ3) is 11.6. The molecule has 284 valence electrons. The van der Waals surface area contributed by atoms with Gasteiger partial charge < -0.3 is 46.1 Å². The zero-order valence-electron chi connectivity index (χ0n) is 30.5. The Hall–Kier alpha value is -5.77. The lowest BCUT2D eigenvalue weighted by Crippen LogP contribution is -2.45. The minimum Gasteiger partial charge on any atom is -0.481 e. The van der Waals surface area contributed by atoms with Crippen molar-refractivity contribution in [3.05, 3.63) is 59.9 Å². The first-order valence-corrected chi connectivity index (χ1v) is 17.5. The van der Waals surface area contributed by atoms with E-state index in [9.17, 15) is 29.1 Å². The monoisotopic (exact) mass is 732 g/mol. The predicted octanol–water partition coefficient (Wildman–Crippen LogP) is 3.69. The Morgan fingerprint density at radius 2 is 1.68 bits per heavy atom. The van der Waals surface area contributed by atoms with E-state index in [0.717, 1.165) is 10.9 Å². The number of nitrogens with zero attached hydrogens (tertiary/aromatic N) is 4. The molecule has 4 amide bonds.